The lowest BCUT2D eigenvalue weighted by Crippen LogP contribution is -2.05. The van der Waals surface area contributed by atoms with Gasteiger partial charge in [-0.05, 0) is 52.8 Å². The summed E-state index contributed by atoms with van der Waals surface area (Å²) in [6.07, 6.45) is 2.42. The van der Waals surface area contributed by atoms with Gasteiger partial charge in [0.25, 0.3) is 0 Å². The summed E-state index contributed by atoms with van der Waals surface area (Å²) in [5.74, 6) is -0.617. The molecule has 0 saturated heterocycles. The molecule has 2 aromatic rings. The van der Waals surface area contributed by atoms with Crippen molar-refractivity contribution in [1.29, 1.82) is 0 Å². The Morgan fingerprint density at radius 2 is 2.04 bits per heavy atom. The average Bonchev–Trinajstić information content (AvgIpc) is 2.92. The molecule has 5 nitrogen and oxygen atoms in total. The van der Waals surface area contributed by atoms with Crippen LogP contribution in [0, 0.1) is 0 Å². The summed E-state index contributed by atoms with van der Waals surface area (Å²) in [4.78, 5) is 14.5. The van der Waals surface area contributed by atoms with Gasteiger partial charge in [0.05, 0.1) is 6.61 Å². The second kappa shape index (κ2) is 6.38. The monoisotopic (exact) mass is 305 g/mol. The maximum Gasteiger partial charge on any atom is 0.340 e. The second-order valence-corrected chi connectivity index (χ2v) is 5.19. The van der Waals surface area contributed by atoms with Crippen LogP contribution in [0.1, 0.15) is 23.6 Å². The van der Waals surface area contributed by atoms with Crippen LogP contribution < -0.4 is 0 Å². The number of carbonyl (C=O) groups excluding carboxylic acids is 1. The Balaban J connectivity index is 1.96. The topological polar surface area (TPSA) is 75.1 Å². The third-order valence-electron chi connectivity index (χ3n) is 3.76. The lowest BCUT2D eigenvalue weighted by Gasteiger charge is -2.04. The van der Waals surface area contributed by atoms with Gasteiger partial charge in [-0.15, -0.1) is 0 Å². The Kier molecular flexibility index (Phi) is 4.13. The van der Waals surface area contributed by atoms with E-state index in [-0.39, 0.29) is 12.3 Å². The summed E-state index contributed by atoms with van der Waals surface area (Å²) in [6, 6.07) is 14.3. The van der Waals surface area contributed by atoms with Gasteiger partial charge in [-0.25, -0.2) is 4.79 Å². The van der Waals surface area contributed by atoms with Crippen molar-refractivity contribution in [2.45, 2.75) is 13.3 Å². The Bertz CT molecular complexity index is 849. The predicted molar refractivity (Wildman–Crippen MR) is 88.4 cm³/mol. The van der Waals surface area contributed by atoms with E-state index in [9.17, 15) is 4.79 Å². The third-order valence-corrected chi connectivity index (χ3v) is 3.76. The number of hydrogen-bond donors (Lipinski definition) is 0. The van der Waals surface area contributed by atoms with E-state index in [2.05, 4.69) is 22.2 Å². The van der Waals surface area contributed by atoms with Gasteiger partial charge in [-0.2, -0.15) is 0 Å². The summed E-state index contributed by atoms with van der Waals surface area (Å²) >= 11 is 0. The third kappa shape index (κ3) is 2.96. The first-order chi connectivity index (χ1) is 11.2. The first-order valence-corrected chi connectivity index (χ1v) is 7.38. The van der Waals surface area contributed by atoms with Crippen LogP contribution in [-0.4, -0.2) is 12.6 Å². The van der Waals surface area contributed by atoms with Crippen molar-refractivity contribution in [3.05, 3.63) is 75.3 Å². The molecule has 3 rings (SSSR count). The molecule has 0 N–H and O–H groups in total. The van der Waals surface area contributed by atoms with Crippen LogP contribution in [0.4, 0.5) is 0 Å². The SMILES string of the molecule is CCOC(=O)C(=Cc1ccc2c(c1)Cc1ccccc1-2)N=[N+]=[N-]. The van der Waals surface area contributed by atoms with Crippen molar-refractivity contribution in [3.63, 3.8) is 0 Å². The lowest BCUT2D eigenvalue weighted by atomic mass is 10.0. The lowest BCUT2D eigenvalue weighted by molar-refractivity contribution is -0.138. The summed E-state index contributed by atoms with van der Waals surface area (Å²) in [6.45, 7) is 1.94. The molecule has 0 unspecified atom stereocenters. The highest BCUT2D eigenvalue weighted by molar-refractivity contribution is 5.93. The molecule has 0 spiro atoms. The van der Waals surface area contributed by atoms with Gasteiger partial charge in [-0.3, -0.25) is 0 Å². The van der Waals surface area contributed by atoms with Crippen LogP contribution in [-0.2, 0) is 16.0 Å². The average molecular weight is 305 g/mol. The quantitative estimate of drug-likeness (QED) is 0.234. The van der Waals surface area contributed by atoms with Crippen LogP contribution in [0.15, 0.2) is 53.3 Å². The van der Waals surface area contributed by atoms with Crippen LogP contribution in [0.2, 0.25) is 0 Å². The second-order valence-electron chi connectivity index (χ2n) is 5.19. The number of rotatable bonds is 4. The molecule has 0 aliphatic heterocycles. The zero-order valence-electron chi connectivity index (χ0n) is 12.7. The molecule has 1 aliphatic rings. The molecule has 0 amide bonds. The van der Waals surface area contributed by atoms with E-state index in [1.165, 1.54) is 22.3 Å². The largest absolute Gasteiger partial charge is 0.462 e. The van der Waals surface area contributed by atoms with Gasteiger partial charge in [-0.1, -0.05) is 47.6 Å². The minimum Gasteiger partial charge on any atom is -0.462 e. The molecular formula is C18H15N3O2. The summed E-state index contributed by atoms with van der Waals surface area (Å²) in [7, 11) is 0. The fourth-order valence-corrected chi connectivity index (χ4v) is 2.79. The molecule has 0 bridgehead atoms. The van der Waals surface area contributed by atoms with E-state index in [4.69, 9.17) is 10.3 Å². The molecule has 0 aromatic heterocycles. The Hall–Kier alpha value is -3.04. The van der Waals surface area contributed by atoms with E-state index >= 15 is 0 Å². The predicted octanol–water partition coefficient (Wildman–Crippen LogP) is 4.47. The molecular weight excluding hydrogens is 290 g/mol. The van der Waals surface area contributed by atoms with Crippen molar-refractivity contribution in [1.82, 2.24) is 0 Å². The normalized spacial score (nSPS) is 12.1. The number of esters is 1. The molecule has 0 atom stereocenters. The first kappa shape index (κ1) is 14.9. The van der Waals surface area contributed by atoms with E-state index in [0.717, 1.165) is 12.0 Å². The highest BCUT2D eigenvalue weighted by Crippen LogP contribution is 2.36. The number of benzene rings is 2. The summed E-state index contributed by atoms with van der Waals surface area (Å²) in [5.41, 5.74) is 14.3. The minimum atomic E-state index is -0.617. The smallest absolute Gasteiger partial charge is 0.340 e. The number of hydrogen-bond acceptors (Lipinski definition) is 3. The molecule has 23 heavy (non-hydrogen) atoms. The summed E-state index contributed by atoms with van der Waals surface area (Å²) < 4.78 is 4.90. The number of carbonyl (C=O) groups is 1. The molecule has 2 aromatic carbocycles. The van der Waals surface area contributed by atoms with Gasteiger partial charge >= 0.3 is 5.97 Å². The van der Waals surface area contributed by atoms with Crippen LogP contribution in [0.25, 0.3) is 27.6 Å². The van der Waals surface area contributed by atoms with Crippen LogP contribution >= 0.6 is 0 Å². The maximum atomic E-state index is 11.8. The van der Waals surface area contributed by atoms with Crippen molar-refractivity contribution >= 4 is 12.0 Å². The Morgan fingerprint density at radius 3 is 2.83 bits per heavy atom. The number of azide groups is 1. The van der Waals surface area contributed by atoms with E-state index in [0.29, 0.717) is 0 Å². The first-order valence-electron chi connectivity index (χ1n) is 7.38. The van der Waals surface area contributed by atoms with Crippen molar-refractivity contribution in [2.24, 2.45) is 5.11 Å². The molecule has 0 saturated carbocycles. The highest BCUT2D eigenvalue weighted by Gasteiger charge is 2.18. The maximum absolute atomic E-state index is 11.8. The zero-order chi connectivity index (χ0) is 16.2. The molecule has 0 radical (unpaired) electrons. The van der Waals surface area contributed by atoms with E-state index in [1.54, 1.807) is 13.0 Å². The molecule has 5 heteroatoms. The highest BCUT2D eigenvalue weighted by atomic mass is 16.5. The zero-order valence-corrected chi connectivity index (χ0v) is 12.7. The van der Waals surface area contributed by atoms with Gasteiger partial charge < -0.3 is 4.74 Å². The standard InChI is InChI=1S/C18H15N3O2/c1-2-23-18(22)17(20-21-19)10-12-7-8-16-14(9-12)11-13-5-3-4-6-15(13)16/h3-10H,2,11H2,1H3. The van der Waals surface area contributed by atoms with Gasteiger partial charge in [0.15, 0.2) is 0 Å². The number of fused-ring (bicyclic) bond motifs is 3. The van der Waals surface area contributed by atoms with Crippen molar-refractivity contribution in [3.8, 4) is 11.1 Å². The number of ether oxygens (including phenoxy) is 1. The minimum absolute atomic E-state index is 0.0372. The molecule has 1 aliphatic carbocycles. The molecule has 0 heterocycles. The van der Waals surface area contributed by atoms with E-state index in [1.807, 2.05) is 30.3 Å². The van der Waals surface area contributed by atoms with Crippen molar-refractivity contribution < 1.29 is 9.53 Å². The fourth-order valence-electron chi connectivity index (χ4n) is 2.79. The van der Waals surface area contributed by atoms with Crippen molar-refractivity contribution in [2.75, 3.05) is 6.61 Å². The number of nitrogens with zero attached hydrogens (tertiary/aromatic N) is 3. The molecule has 114 valence electrons. The van der Waals surface area contributed by atoms with Gasteiger partial charge in [0, 0.05) is 4.91 Å². The fraction of sp³-hybridized carbons (Fsp3) is 0.167. The van der Waals surface area contributed by atoms with Gasteiger partial charge in [0.1, 0.15) is 5.70 Å². The molecule has 0 fully saturated rings. The van der Waals surface area contributed by atoms with Crippen LogP contribution in [0.5, 0.6) is 0 Å². The Morgan fingerprint density at radius 1 is 1.26 bits per heavy atom. The Labute approximate surface area is 133 Å². The van der Waals surface area contributed by atoms with Crippen LogP contribution in [0.3, 0.4) is 0 Å². The van der Waals surface area contributed by atoms with Gasteiger partial charge in [0.2, 0.25) is 0 Å². The van der Waals surface area contributed by atoms with E-state index < -0.39 is 5.97 Å². The summed E-state index contributed by atoms with van der Waals surface area (Å²) in [5, 5.41) is 3.44.